The molecular formula is C8H13N3O3. The molecule has 1 spiro atoms. The Morgan fingerprint density at radius 2 is 2.29 bits per heavy atom. The molecule has 0 aromatic rings. The van der Waals surface area contributed by atoms with Gasteiger partial charge in [-0.3, -0.25) is 9.69 Å². The van der Waals surface area contributed by atoms with Crippen molar-refractivity contribution < 1.29 is 14.7 Å². The zero-order valence-corrected chi connectivity index (χ0v) is 7.75. The van der Waals surface area contributed by atoms with Gasteiger partial charge in [0.25, 0.3) is 5.91 Å². The van der Waals surface area contributed by atoms with Crippen molar-refractivity contribution in [1.82, 2.24) is 15.5 Å². The van der Waals surface area contributed by atoms with E-state index in [4.69, 9.17) is 5.11 Å². The molecule has 2 saturated heterocycles. The molecule has 78 valence electrons. The summed E-state index contributed by atoms with van der Waals surface area (Å²) in [6, 6.07) is -0.396. The SMILES string of the molecule is O=C1NC2(CCNC2)C(=O)N1CCO. The van der Waals surface area contributed by atoms with Gasteiger partial charge >= 0.3 is 6.03 Å². The van der Waals surface area contributed by atoms with Crippen LogP contribution in [0, 0.1) is 0 Å². The minimum Gasteiger partial charge on any atom is -0.395 e. The number of aliphatic hydroxyl groups excluding tert-OH is 1. The number of β-amino-alcohol motifs (C(OH)–C–C–N with tert-alkyl or cyclic N) is 1. The van der Waals surface area contributed by atoms with E-state index in [1.165, 1.54) is 0 Å². The number of amides is 3. The van der Waals surface area contributed by atoms with Crippen molar-refractivity contribution in [2.24, 2.45) is 0 Å². The number of hydrogen-bond donors (Lipinski definition) is 3. The van der Waals surface area contributed by atoms with E-state index in [2.05, 4.69) is 10.6 Å². The van der Waals surface area contributed by atoms with Gasteiger partial charge in [0.2, 0.25) is 0 Å². The fourth-order valence-electron chi connectivity index (χ4n) is 1.96. The van der Waals surface area contributed by atoms with Crippen LogP contribution in [0.3, 0.4) is 0 Å². The Bertz CT molecular complexity index is 273. The number of carbonyl (C=O) groups is 2. The van der Waals surface area contributed by atoms with Gasteiger partial charge in [0.1, 0.15) is 5.54 Å². The Morgan fingerprint density at radius 3 is 2.86 bits per heavy atom. The van der Waals surface area contributed by atoms with Crippen molar-refractivity contribution in [3.8, 4) is 0 Å². The monoisotopic (exact) mass is 199 g/mol. The van der Waals surface area contributed by atoms with Crippen LogP contribution in [0.5, 0.6) is 0 Å². The Kier molecular flexibility index (Phi) is 2.16. The second-order valence-corrected chi connectivity index (χ2v) is 3.62. The summed E-state index contributed by atoms with van der Waals surface area (Å²) < 4.78 is 0. The summed E-state index contributed by atoms with van der Waals surface area (Å²) in [6.07, 6.45) is 0.625. The van der Waals surface area contributed by atoms with Gasteiger partial charge in [-0.15, -0.1) is 0 Å². The molecule has 0 aromatic heterocycles. The number of rotatable bonds is 2. The highest BCUT2D eigenvalue weighted by atomic mass is 16.3. The Labute approximate surface area is 81.3 Å². The number of nitrogens with zero attached hydrogens (tertiary/aromatic N) is 1. The largest absolute Gasteiger partial charge is 0.395 e. The van der Waals surface area contributed by atoms with Crippen LogP contribution in [0.1, 0.15) is 6.42 Å². The van der Waals surface area contributed by atoms with E-state index in [1.807, 2.05) is 0 Å². The van der Waals surface area contributed by atoms with Gasteiger partial charge in [-0.25, -0.2) is 4.79 Å². The molecule has 0 saturated carbocycles. The third kappa shape index (κ3) is 1.18. The fraction of sp³-hybridized carbons (Fsp3) is 0.750. The highest BCUT2D eigenvalue weighted by Gasteiger charge is 2.52. The van der Waals surface area contributed by atoms with Crippen LogP contribution in [-0.2, 0) is 4.79 Å². The first-order valence-electron chi connectivity index (χ1n) is 4.65. The molecule has 2 fully saturated rings. The van der Waals surface area contributed by atoms with Crippen molar-refractivity contribution in [3.63, 3.8) is 0 Å². The van der Waals surface area contributed by atoms with Crippen molar-refractivity contribution in [3.05, 3.63) is 0 Å². The summed E-state index contributed by atoms with van der Waals surface area (Å²) in [5.74, 6) is -0.221. The van der Waals surface area contributed by atoms with Crippen LogP contribution in [-0.4, -0.2) is 53.7 Å². The summed E-state index contributed by atoms with van der Waals surface area (Å²) in [6.45, 7) is 1.10. The van der Waals surface area contributed by atoms with E-state index in [9.17, 15) is 9.59 Å². The van der Waals surface area contributed by atoms with Gasteiger partial charge in [-0.05, 0) is 13.0 Å². The molecule has 2 aliphatic rings. The van der Waals surface area contributed by atoms with E-state index < -0.39 is 11.6 Å². The van der Waals surface area contributed by atoms with Gasteiger partial charge in [-0.2, -0.15) is 0 Å². The van der Waals surface area contributed by atoms with Crippen LogP contribution < -0.4 is 10.6 Å². The van der Waals surface area contributed by atoms with Crippen LogP contribution in [0.15, 0.2) is 0 Å². The van der Waals surface area contributed by atoms with E-state index in [0.29, 0.717) is 13.0 Å². The zero-order chi connectivity index (χ0) is 10.2. The van der Waals surface area contributed by atoms with Crippen LogP contribution in [0.2, 0.25) is 0 Å². The summed E-state index contributed by atoms with van der Waals surface area (Å²) in [5.41, 5.74) is -0.744. The standard InChI is InChI=1S/C8H13N3O3/c12-4-3-11-6(13)8(10-7(11)14)1-2-9-5-8/h9,12H,1-5H2,(H,10,14). The molecule has 2 aliphatic heterocycles. The van der Waals surface area contributed by atoms with E-state index in [0.717, 1.165) is 11.4 Å². The zero-order valence-electron chi connectivity index (χ0n) is 7.75. The third-order valence-corrected chi connectivity index (χ3v) is 2.72. The average molecular weight is 199 g/mol. The minimum atomic E-state index is -0.744. The highest BCUT2D eigenvalue weighted by Crippen LogP contribution is 2.23. The van der Waals surface area contributed by atoms with Crippen molar-refractivity contribution in [2.45, 2.75) is 12.0 Å². The lowest BCUT2D eigenvalue weighted by molar-refractivity contribution is -0.131. The highest BCUT2D eigenvalue weighted by molar-refractivity contribution is 6.07. The van der Waals surface area contributed by atoms with Gasteiger partial charge in [-0.1, -0.05) is 0 Å². The summed E-state index contributed by atoms with van der Waals surface area (Å²) in [4.78, 5) is 24.3. The van der Waals surface area contributed by atoms with Crippen LogP contribution in [0.25, 0.3) is 0 Å². The maximum absolute atomic E-state index is 11.8. The average Bonchev–Trinajstić information content (AvgIpc) is 2.69. The quantitative estimate of drug-likeness (QED) is 0.461. The van der Waals surface area contributed by atoms with Crippen molar-refractivity contribution >= 4 is 11.9 Å². The van der Waals surface area contributed by atoms with E-state index >= 15 is 0 Å². The molecule has 0 bridgehead atoms. The maximum atomic E-state index is 11.8. The van der Waals surface area contributed by atoms with Gasteiger partial charge in [0.15, 0.2) is 0 Å². The predicted molar refractivity (Wildman–Crippen MR) is 47.5 cm³/mol. The van der Waals surface area contributed by atoms with Gasteiger partial charge in [0.05, 0.1) is 13.2 Å². The normalized spacial score (nSPS) is 31.6. The molecular weight excluding hydrogens is 186 g/mol. The topological polar surface area (TPSA) is 81.7 Å². The number of aliphatic hydroxyl groups is 1. The molecule has 6 heteroatoms. The second-order valence-electron chi connectivity index (χ2n) is 3.62. The molecule has 3 N–H and O–H groups in total. The van der Waals surface area contributed by atoms with Gasteiger partial charge in [0, 0.05) is 6.54 Å². The molecule has 1 atom stereocenters. The molecule has 6 nitrogen and oxygen atoms in total. The number of imide groups is 1. The lowest BCUT2D eigenvalue weighted by Crippen LogP contribution is -2.48. The molecule has 1 unspecified atom stereocenters. The van der Waals surface area contributed by atoms with Crippen molar-refractivity contribution in [1.29, 1.82) is 0 Å². The summed E-state index contributed by atoms with van der Waals surface area (Å²) in [7, 11) is 0. The fourth-order valence-corrected chi connectivity index (χ4v) is 1.96. The number of carbonyl (C=O) groups excluding carboxylic acids is 2. The molecule has 2 rings (SSSR count). The summed E-state index contributed by atoms with van der Waals surface area (Å²) >= 11 is 0. The Balaban J connectivity index is 2.18. The van der Waals surface area contributed by atoms with Crippen LogP contribution >= 0.6 is 0 Å². The predicted octanol–water partition coefficient (Wildman–Crippen LogP) is -1.74. The lowest BCUT2D eigenvalue weighted by Gasteiger charge is -2.18. The maximum Gasteiger partial charge on any atom is 0.325 e. The molecule has 2 heterocycles. The minimum absolute atomic E-state index is 0.0758. The van der Waals surface area contributed by atoms with Crippen LogP contribution in [0.4, 0.5) is 4.79 Å². The van der Waals surface area contributed by atoms with Gasteiger partial charge < -0.3 is 15.7 Å². The Morgan fingerprint density at radius 1 is 1.50 bits per heavy atom. The second kappa shape index (κ2) is 3.21. The number of hydrogen-bond acceptors (Lipinski definition) is 4. The number of urea groups is 1. The van der Waals surface area contributed by atoms with E-state index in [1.54, 1.807) is 0 Å². The molecule has 0 radical (unpaired) electrons. The first-order valence-corrected chi connectivity index (χ1v) is 4.65. The van der Waals surface area contributed by atoms with Crippen molar-refractivity contribution in [2.75, 3.05) is 26.2 Å². The first-order chi connectivity index (χ1) is 6.69. The lowest BCUT2D eigenvalue weighted by atomic mass is 9.99. The summed E-state index contributed by atoms with van der Waals surface area (Å²) in [5, 5.41) is 14.4. The number of nitrogens with one attached hydrogen (secondary N) is 2. The molecule has 3 amide bonds. The Hall–Kier alpha value is -1.14. The molecule has 0 aliphatic carbocycles. The third-order valence-electron chi connectivity index (χ3n) is 2.72. The molecule has 0 aromatic carbocycles. The van der Waals surface area contributed by atoms with E-state index in [-0.39, 0.29) is 19.1 Å². The smallest absolute Gasteiger partial charge is 0.325 e. The molecule has 14 heavy (non-hydrogen) atoms. The first kappa shape index (κ1) is 9.42.